The average Bonchev–Trinajstić information content (AvgIpc) is 2.61. The number of aromatic nitrogens is 1. The van der Waals surface area contributed by atoms with E-state index in [0.29, 0.717) is 11.8 Å². The fourth-order valence-corrected chi connectivity index (χ4v) is 4.15. The van der Waals surface area contributed by atoms with Gasteiger partial charge in [0, 0.05) is 18.4 Å². The van der Waals surface area contributed by atoms with E-state index in [4.69, 9.17) is 11.6 Å². The molecule has 3 unspecified atom stereocenters. The van der Waals surface area contributed by atoms with Gasteiger partial charge in [0.25, 0.3) is 0 Å². The summed E-state index contributed by atoms with van der Waals surface area (Å²) in [7, 11) is -3.58. The molecule has 0 aromatic carbocycles. The van der Waals surface area contributed by atoms with Crippen LogP contribution in [-0.4, -0.2) is 19.4 Å². The van der Waals surface area contributed by atoms with Crippen molar-refractivity contribution in [2.24, 2.45) is 11.8 Å². The van der Waals surface area contributed by atoms with Crippen molar-refractivity contribution in [2.45, 2.75) is 37.6 Å². The Morgan fingerprint density at radius 1 is 1.39 bits per heavy atom. The Morgan fingerprint density at radius 3 is 2.67 bits per heavy atom. The van der Waals surface area contributed by atoms with Crippen molar-refractivity contribution in [3.8, 4) is 0 Å². The first-order valence-corrected chi connectivity index (χ1v) is 7.90. The van der Waals surface area contributed by atoms with Crippen molar-refractivity contribution in [1.82, 2.24) is 9.71 Å². The molecule has 1 aromatic heterocycles. The Labute approximate surface area is 113 Å². The molecule has 1 aliphatic rings. The van der Waals surface area contributed by atoms with Crippen molar-refractivity contribution >= 4 is 21.6 Å². The predicted molar refractivity (Wildman–Crippen MR) is 70.9 cm³/mol. The van der Waals surface area contributed by atoms with Gasteiger partial charge < -0.3 is 0 Å². The molecule has 1 N–H and O–H groups in total. The number of nitrogens with one attached hydrogen (secondary N) is 1. The fourth-order valence-electron chi connectivity index (χ4n) is 2.35. The van der Waals surface area contributed by atoms with Crippen LogP contribution in [0.1, 0.15) is 26.7 Å². The molecule has 1 aromatic rings. The van der Waals surface area contributed by atoms with Gasteiger partial charge in [-0.3, -0.25) is 4.98 Å². The summed E-state index contributed by atoms with van der Waals surface area (Å²) in [6.07, 6.45) is 4.68. The van der Waals surface area contributed by atoms with Gasteiger partial charge in [-0.25, -0.2) is 13.1 Å². The van der Waals surface area contributed by atoms with Gasteiger partial charge in [-0.05, 0) is 30.7 Å². The maximum Gasteiger partial charge on any atom is 0.243 e. The Bertz CT molecular complexity index is 533. The number of nitrogens with zero attached hydrogens (tertiary/aromatic N) is 1. The highest BCUT2D eigenvalue weighted by Crippen LogP contribution is 2.32. The minimum Gasteiger partial charge on any atom is -0.263 e. The van der Waals surface area contributed by atoms with E-state index >= 15 is 0 Å². The molecule has 1 saturated carbocycles. The summed E-state index contributed by atoms with van der Waals surface area (Å²) in [5.41, 5.74) is 0. The summed E-state index contributed by atoms with van der Waals surface area (Å²) in [5.74, 6) is 0.886. The highest BCUT2D eigenvalue weighted by Gasteiger charge is 2.33. The molecule has 18 heavy (non-hydrogen) atoms. The molecule has 0 saturated heterocycles. The first kappa shape index (κ1) is 13.8. The number of hydrogen-bond donors (Lipinski definition) is 1. The van der Waals surface area contributed by atoms with Crippen molar-refractivity contribution in [3.63, 3.8) is 0 Å². The third-order valence-electron chi connectivity index (χ3n) is 3.80. The SMILES string of the molecule is CC1CCC(NS(=O)(=O)c2cnccc2Cl)C1C. The zero-order chi connectivity index (χ0) is 13.3. The van der Waals surface area contributed by atoms with Crippen molar-refractivity contribution < 1.29 is 8.42 Å². The number of rotatable bonds is 3. The van der Waals surface area contributed by atoms with E-state index in [9.17, 15) is 8.42 Å². The molecule has 0 aliphatic heterocycles. The van der Waals surface area contributed by atoms with Crippen LogP contribution in [0.15, 0.2) is 23.4 Å². The molecule has 3 atom stereocenters. The summed E-state index contributed by atoms with van der Waals surface area (Å²) in [4.78, 5) is 3.87. The topological polar surface area (TPSA) is 59.1 Å². The fraction of sp³-hybridized carbons (Fsp3) is 0.583. The quantitative estimate of drug-likeness (QED) is 0.929. The highest BCUT2D eigenvalue weighted by atomic mass is 35.5. The normalized spacial score (nSPS) is 28.5. The summed E-state index contributed by atoms with van der Waals surface area (Å²) in [6.45, 7) is 4.23. The van der Waals surface area contributed by atoms with Crippen LogP contribution < -0.4 is 4.72 Å². The van der Waals surface area contributed by atoms with E-state index in [1.54, 1.807) is 0 Å². The van der Waals surface area contributed by atoms with Gasteiger partial charge in [-0.1, -0.05) is 25.4 Å². The monoisotopic (exact) mass is 288 g/mol. The number of hydrogen-bond acceptors (Lipinski definition) is 3. The number of halogens is 1. The zero-order valence-corrected chi connectivity index (χ0v) is 12.0. The molecule has 1 fully saturated rings. The van der Waals surface area contributed by atoms with Gasteiger partial charge >= 0.3 is 0 Å². The van der Waals surface area contributed by atoms with Crippen LogP contribution in [0.3, 0.4) is 0 Å². The van der Waals surface area contributed by atoms with Crippen LogP contribution in [0.4, 0.5) is 0 Å². The lowest BCUT2D eigenvalue weighted by atomic mass is 9.98. The van der Waals surface area contributed by atoms with E-state index in [0.717, 1.165) is 12.8 Å². The van der Waals surface area contributed by atoms with E-state index in [2.05, 4.69) is 23.6 Å². The van der Waals surface area contributed by atoms with Crippen LogP contribution in [-0.2, 0) is 10.0 Å². The highest BCUT2D eigenvalue weighted by molar-refractivity contribution is 7.89. The smallest absolute Gasteiger partial charge is 0.243 e. The number of sulfonamides is 1. The van der Waals surface area contributed by atoms with Crippen molar-refractivity contribution in [1.29, 1.82) is 0 Å². The first-order valence-electron chi connectivity index (χ1n) is 6.03. The predicted octanol–water partition coefficient (Wildman–Crippen LogP) is 2.45. The lowest BCUT2D eigenvalue weighted by molar-refractivity contribution is 0.402. The number of pyridine rings is 1. The molecule has 6 heteroatoms. The lowest BCUT2D eigenvalue weighted by Gasteiger charge is -2.19. The van der Waals surface area contributed by atoms with Gasteiger partial charge in [0.15, 0.2) is 0 Å². The largest absolute Gasteiger partial charge is 0.263 e. The van der Waals surface area contributed by atoms with Crippen LogP contribution >= 0.6 is 11.6 Å². The Hall–Kier alpha value is -0.650. The average molecular weight is 289 g/mol. The maximum atomic E-state index is 12.2. The van der Waals surface area contributed by atoms with Gasteiger partial charge in [0.2, 0.25) is 10.0 Å². The Morgan fingerprint density at radius 2 is 2.11 bits per heavy atom. The summed E-state index contributed by atoms with van der Waals surface area (Å²) >= 11 is 5.90. The minimum absolute atomic E-state index is 0.0127. The molecule has 0 amide bonds. The second-order valence-electron chi connectivity index (χ2n) is 4.95. The van der Waals surface area contributed by atoms with Crippen LogP contribution in [0, 0.1) is 11.8 Å². The summed E-state index contributed by atoms with van der Waals surface area (Å²) in [5, 5.41) is 0.205. The van der Waals surface area contributed by atoms with E-state index < -0.39 is 10.0 Å². The third kappa shape index (κ3) is 2.68. The minimum atomic E-state index is -3.58. The molecular formula is C12H17ClN2O2S. The van der Waals surface area contributed by atoms with Crippen molar-refractivity contribution in [3.05, 3.63) is 23.5 Å². The Kier molecular flexibility index (Phi) is 3.94. The van der Waals surface area contributed by atoms with Crippen LogP contribution in [0.25, 0.3) is 0 Å². The van der Waals surface area contributed by atoms with Gasteiger partial charge in [-0.15, -0.1) is 0 Å². The van der Waals surface area contributed by atoms with Crippen LogP contribution in [0.2, 0.25) is 5.02 Å². The molecule has 100 valence electrons. The summed E-state index contributed by atoms with van der Waals surface area (Å²) in [6, 6.07) is 1.47. The standard InChI is InChI=1S/C12H17ClN2O2S/c1-8-3-4-11(9(8)2)15-18(16,17)12-7-14-6-5-10(12)13/h5-9,11,15H,3-4H2,1-2H3. The molecular weight excluding hydrogens is 272 g/mol. The second-order valence-corrected chi connectivity index (χ2v) is 7.04. The Balaban J connectivity index is 2.21. The molecule has 0 radical (unpaired) electrons. The van der Waals surface area contributed by atoms with E-state index in [1.807, 2.05) is 0 Å². The molecule has 0 spiro atoms. The first-order chi connectivity index (χ1) is 8.42. The summed E-state index contributed by atoms with van der Waals surface area (Å²) < 4.78 is 27.2. The van der Waals surface area contributed by atoms with Gasteiger partial charge in [-0.2, -0.15) is 0 Å². The molecule has 1 heterocycles. The van der Waals surface area contributed by atoms with Crippen LogP contribution in [0.5, 0.6) is 0 Å². The molecule has 2 rings (SSSR count). The molecule has 0 bridgehead atoms. The zero-order valence-electron chi connectivity index (χ0n) is 10.4. The lowest BCUT2D eigenvalue weighted by Crippen LogP contribution is -2.37. The van der Waals surface area contributed by atoms with E-state index in [1.165, 1.54) is 18.5 Å². The van der Waals surface area contributed by atoms with Crippen molar-refractivity contribution in [2.75, 3.05) is 0 Å². The maximum absolute atomic E-state index is 12.2. The molecule has 4 nitrogen and oxygen atoms in total. The molecule has 1 aliphatic carbocycles. The van der Waals surface area contributed by atoms with E-state index in [-0.39, 0.29) is 16.0 Å². The third-order valence-corrected chi connectivity index (χ3v) is 5.75. The van der Waals surface area contributed by atoms with Gasteiger partial charge in [0.05, 0.1) is 5.02 Å². The van der Waals surface area contributed by atoms with Gasteiger partial charge in [0.1, 0.15) is 4.90 Å². The second kappa shape index (κ2) is 5.15.